The van der Waals surface area contributed by atoms with Crippen molar-refractivity contribution < 1.29 is 13.6 Å². The summed E-state index contributed by atoms with van der Waals surface area (Å²) in [6.07, 6.45) is 1.57. The normalized spacial score (nSPS) is 10.8. The summed E-state index contributed by atoms with van der Waals surface area (Å²) < 4.78 is 21.0. The molecule has 1 aromatic carbocycles. The van der Waals surface area contributed by atoms with Gasteiger partial charge in [-0.15, -0.1) is 0 Å². The van der Waals surface area contributed by atoms with Crippen molar-refractivity contribution in [2.75, 3.05) is 0 Å². The third-order valence-corrected chi connectivity index (χ3v) is 4.00. The Morgan fingerprint density at radius 3 is 2.71 bits per heavy atom. The number of nitrogens with zero attached hydrogens (tertiary/aromatic N) is 1. The van der Waals surface area contributed by atoms with Crippen molar-refractivity contribution >= 4 is 5.91 Å². The molecule has 0 unspecified atom stereocenters. The molecule has 3 rings (SSSR count). The highest BCUT2D eigenvalue weighted by molar-refractivity contribution is 5.94. The lowest BCUT2D eigenvalue weighted by Gasteiger charge is -2.13. The van der Waals surface area contributed by atoms with Crippen molar-refractivity contribution in [1.82, 2.24) is 9.88 Å². The van der Waals surface area contributed by atoms with Crippen LogP contribution in [0.5, 0.6) is 0 Å². The molecule has 3 aromatic rings. The zero-order valence-electron chi connectivity index (χ0n) is 13.7. The van der Waals surface area contributed by atoms with Gasteiger partial charge in [-0.3, -0.25) is 4.79 Å². The Balaban J connectivity index is 1.85. The third kappa shape index (κ3) is 3.25. The molecule has 2 aromatic heterocycles. The van der Waals surface area contributed by atoms with Gasteiger partial charge in [0.2, 0.25) is 0 Å². The second-order valence-corrected chi connectivity index (χ2v) is 5.76. The number of aryl methyl sites for hydroxylation is 2. The first-order valence-corrected chi connectivity index (χ1v) is 7.77. The molecule has 1 amide bonds. The molecule has 24 heavy (non-hydrogen) atoms. The highest BCUT2D eigenvalue weighted by atomic mass is 19.1. The van der Waals surface area contributed by atoms with Crippen molar-refractivity contribution in [3.63, 3.8) is 0 Å². The molecule has 0 saturated carbocycles. The number of furan rings is 1. The van der Waals surface area contributed by atoms with Gasteiger partial charge in [0.05, 0.1) is 19.4 Å². The minimum atomic E-state index is -0.273. The molecule has 0 aliphatic heterocycles. The Labute approximate surface area is 139 Å². The smallest absolute Gasteiger partial charge is 0.268 e. The van der Waals surface area contributed by atoms with Gasteiger partial charge in [0.15, 0.2) is 0 Å². The predicted molar refractivity (Wildman–Crippen MR) is 89.3 cm³/mol. The first kappa shape index (κ1) is 16.1. The zero-order valence-corrected chi connectivity index (χ0v) is 13.7. The topological polar surface area (TPSA) is 47.2 Å². The van der Waals surface area contributed by atoms with Crippen molar-refractivity contribution in [1.29, 1.82) is 0 Å². The number of carbonyl (C=O) groups is 1. The van der Waals surface area contributed by atoms with Crippen molar-refractivity contribution in [3.05, 3.63) is 82.8 Å². The molecule has 0 spiro atoms. The van der Waals surface area contributed by atoms with Crippen molar-refractivity contribution in [3.8, 4) is 0 Å². The van der Waals surface area contributed by atoms with Crippen LogP contribution in [0.4, 0.5) is 4.39 Å². The summed E-state index contributed by atoms with van der Waals surface area (Å²) in [6, 6.07) is 12.1. The van der Waals surface area contributed by atoms with E-state index in [2.05, 4.69) is 5.32 Å². The fraction of sp³-hybridized carbons (Fsp3) is 0.211. The fourth-order valence-corrected chi connectivity index (χ4v) is 2.82. The van der Waals surface area contributed by atoms with Gasteiger partial charge in [0, 0.05) is 11.3 Å². The van der Waals surface area contributed by atoms with Crippen LogP contribution in [0.1, 0.15) is 33.1 Å². The van der Waals surface area contributed by atoms with Gasteiger partial charge in [-0.2, -0.15) is 0 Å². The predicted octanol–water partition coefficient (Wildman–Crippen LogP) is 3.82. The number of carbonyl (C=O) groups excluding carboxylic acids is 1. The molecular weight excluding hydrogens is 307 g/mol. The van der Waals surface area contributed by atoms with E-state index in [9.17, 15) is 9.18 Å². The minimum Gasteiger partial charge on any atom is -0.467 e. The molecule has 0 radical (unpaired) electrons. The average molecular weight is 326 g/mol. The van der Waals surface area contributed by atoms with Crippen molar-refractivity contribution in [2.24, 2.45) is 0 Å². The molecule has 0 atom stereocenters. The van der Waals surface area contributed by atoms with Crippen LogP contribution in [-0.4, -0.2) is 10.5 Å². The second-order valence-electron chi connectivity index (χ2n) is 5.76. The fourth-order valence-electron chi connectivity index (χ4n) is 2.82. The Bertz CT molecular complexity index is 850. The molecule has 0 aliphatic rings. The highest BCUT2D eigenvalue weighted by Gasteiger charge is 2.18. The maximum absolute atomic E-state index is 14.0. The quantitative estimate of drug-likeness (QED) is 0.775. The van der Waals surface area contributed by atoms with Crippen molar-refractivity contribution in [2.45, 2.75) is 26.9 Å². The Kier molecular flexibility index (Phi) is 4.51. The summed E-state index contributed by atoms with van der Waals surface area (Å²) >= 11 is 0. The number of benzene rings is 1. The molecule has 0 aliphatic carbocycles. The molecule has 0 fully saturated rings. The number of aromatic nitrogens is 1. The largest absolute Gasteiger partial charge is 0.467 e. The lowest BCUT2D eigenvalue weighted by Crippen LogP contribution is -2.26. The van der Waals surface area contributed by atoms with Gasteiger partial charge in [-0.25, -0.2) is 4.39 Å². The molecule has 1 N–H and O–H groups in total. The standard InChI is InChI=1S/C19H19FN2O2/c1-13-10-14(2)22(12-15-6-3-4-8-17(15)20)18(13)19(23)21-11-16-7-5-9-24-16/h3-10H,11-12H2,1-2H3,(H,21,23). The minimum absolute atomic E-state index is 0.201. The molecule has 0 saturated heterocycles. The van der Waals surface area contributed by atoms with Gasteiger partial charge >= 0.3 is 0 Å². The molecule has 2 heterocycles. The van der Waals surface area contributed by atoms with Crippen LogP contribution in [-0.2, 0) is 13.1 Å². The van der Waals surface area contributed by atoms with E-state index in [4.69, 9.17) is 4.42 Å². The summed E-state index contributed by atoms with van der Waals surface area (Å²) in [5.74, 6) is 0.212. The van der Waals surface area contributed by atoms with Gasteiger partial charge in [-0.1, -0.05) is 18.2 Å². The number of amides is 1. The van der Waals surface area contributed by atoms with Crippen LogP contribution in [0.25, 0.3) is 0 Å². The van der Waals surface area contributed by atoms with Crippen LogP contribution in [0, 0.1) is 19.7 Å². The first-order valence-electron chi connectivity index (χ1n) is 7.77. The summed E-state index contributed by atoms with van der Waals surface area (Å²) in [6.45, 7) is 4.43. The molecular formula is C19H19FN2O2. The molecule has 0 bridgehead atoms. The SMILES string of the molecule is Cc1cc(C)n(Cc2ccccc2F)c1C(=O)NCc1ccco1. The van der Waals surface area contributed by atoms with Gasteiger partial charge in [0.1, 0.15) is 17.3 Å². The lowest BCUT2D eigenvalue weighted by atomic mass is 10.2. The summed E-state index contributed by atoms with van der Waals surface area (Å²) in [7, 11) is 0. The number of rotatable bonds is 5. The monoisotopic (exact) mass is 326 g/mol. The van der Waals surface area contributed by atoms with E-state index >= 15 is 0 Å². The maximum atomic E-state index is 14.0. The van der Waals surface area contributed by atoms with Crippen LogP contribution in [0.3, 0.4) is 0 Å². The van der Waals surface area contributed by atoms with Crippen LogP contribution in [0.15, 0.2) is 53.1 Å². The zero-order chi connectivity index (χ0) is 17.1. The summed E-state index contributed by atoms with van der Waals surface area (Å²) in [5.41, 5.74) is 2.87. The Morgan fingerprint density at radius 2 is 2.00 bits per heavy atom. The number of hydrogen-bond donors (Lipinski definition) is 1. The number of hydrogen-bond acceptors (Lipinski definition) is 2. The first-order chi connectivity index (χ1) is 11.6. The summed E-state index contributed by atoms with van der Waals surface area (Å²) in [5, 5.41) is 2.85. The third-order valence-electron chi connectivity index (χ3n) is 4.00. The lowest BCUT2D eigenvalue weighted by molar-refractivity contribution is 0.0938. The van der Waals surface area contributed by atoms with Crippen LogP contribution >= 0.6 is 0 Å². The number of nitrogens with one attached hydrogen (secondary N) is 1. The van der Waals surface area contributed by atoms with Gasteiger partial charge in [-0.05, 0) is 43.7 Å². The van der Waals surface area contributed by atoms with E-state index in [1.165, 1.54) is 6.07 Å². The van der Waals surface area contributed by atoms with Gasteiger partial charge in [0.25, 0.3) is 5.91 Å². The highest BCUT2D eigenvalue weighted by Crippen LogP contribution is 2.19. The van der Waals surface area contributed by atoms with E-state index in [1.54, 1.807) is 36.6 Å². The van der Waals surface area contributed by atoms with E-state index in [-0.39, 0.29) is 11.7 Å². The second kappa shape index (κ2) is 6.74. The van der Waals surface area contributed by atoms with E-state index < -0.39 is 0 Å². The Morgan fingerprint density at radius 1 is 1.21 bits per heavy atom. The number of halogens is 1. The van der Waals surface area contributed by atoms with E-state index in [0.29, 0.717) is 30.1 Å². The summed E-state index contributed by atoms with van der Waals surface area (Å²) in [4.78, 5) is 12.6. The molecule has 124 valence electrons. The van der Waals surface area contributed by atoms with E-state index in [0.717, 1.165) is 11.3 Å². The van der Waals surface area contributed by atoms with E-state index in [1.807, 2.05) is 24.5 Å². The Hall–Kier alpha value is -2.82. The van der Waals surface area contributed by atoms with Crippen LogP contribution in [0.2, 0.25) is 0 Å². The average Bonchev–Trinajstić information content (AvgIpc) is 3.16. The maximum Gasteiger partial charge on any atom is 0.268 e. The van der Waals surface area contributed by atoms with Crippen LogP contribution < -0.4 is 5.32 Å². The molecule has 5 heteroatoms. The van der Waals surface area contributed by atoms with Gasteiger partial charge < -0.3 is 14.3 Å². The molecule has 4 nitrogen and oxygen atoms in total.